The number of nitrogens with zero attached hydrogens (tertiary/aromatic N) is 3. The molecule has 0 spiro atoms. The highest BCUT2D eigenvalue weighted by molar-refractivity contribution is 6.31. The van der Waals surface area contributed by atoms with Gasteiger partial charge in [0.05, 0.1) is 19.0 Å². The summed E-state index contributed by atoms with van der Waals surface area (Å²) in [5, 5.41) is 20.4. The van der Waals surface area contributed by atoms with Crippen molar-refractivity contribution >= 4 is 23.2 Å². The Hall–Kier alpha value is -4.69. The van der Waals surface area contributed by atoms with Crippen LogP contribution in [-0.2, 0) is 15.7 Å². The van der Waals surface area contributed by atoms with E-state index < -0.39 is 35.5 Å². The van der Waals surface area contributed by atoms with Crippen molar-refractivity contribution < 1.29 is 31.9 Å². The van der Waals surface area contributed by atoms with E-state index in [2.05, 4.69) is 20.8 Å². The van der Waals surface area contributed by atoms with Gasteiger partial charge >= 0.3 is 12.1 Å². The Morgan fingerprint density at radius 3 is 2.60 bits per heavy atom. The lowest BCUT2D eigenvalue weighted by Crippen LogP contribution is -2.37. The van der Waals surface area contributed by atoms with E-state index in [-0.39, 0.29) is 46.2 Å². The fraction of sp³-hybridized carbons (Fsp3) is 0.250. The van der Waals surface area contributed by atoms with Gasteiger partial charge in [-0.25, -0.2) is 0 Å². The fourth-order valence-corrected chi connectivity index (χ4v) is 4.46. The SMILES string of the molecule is CN/C=C1/C=C(NC(=O)C(CCOC)n2cc(OC)c(-c3cc(Cl)ccc3-c3nnc(C(F)(F)F)o3)cc2=O)C=CC1=N. The number of alkyl halides is 3. The van der Waals surface area contributed by atoms with Crippen molar-refractivity contribution in [2.75, 3.05) is 27.9 Å². The van der Waals surface area contributed by atoms with E-state index in [1.165, 1.54) is 55.3 Å². The van der Waals surface area contributed by atoms with Gasteiger partial charge in [-0.2, -0.15) is 13.2 Å². The van der Waals surface area contributed by atoms with Crippen LogP contribution in [0.4, 0.5) is 13.2 Å². The Bertz CT molecular complexity index is 1690. The molecule has 0 aliphatic heterocycles. The highest BCUT2D eigenvalue weighted by atomic mass is 35.5. The maximum Gasteiger partial charge on any atom is 0.470 e. The van der Waals surface area contributed by atoms with Crippen LogP contribution in [0.25, 0.3) is 22.6 Å². The smallest absolute Gasteiger partial charge is 0.470 e. The van der Waals surface area contributed by atoms with Crippen molar-refractivity contribution in [3.05, 3.63) is 87.4 Å². The summed E-state index contributed by atoms with van der Waals surface area (Å²) < 4.78 is 56.1. The first kappa shape index (κ1) is 31.3. The minimum absolute atomic E-state index is 0.0727. The van der Waals surface area contributed by atoms with Crippen molar-refractivity contribution in [1.29, 1.82) is 5.41 Å². The molecule has 2 heterocycles. The van der Waals surface area contributed by atoms with Crippen LogP contribution in [0.2, 0.25) is 5.02 Å². The van der Waals surface area contributed by atoms with E-state index in [0.29, 0.717) is 11.3 Å². The predicted octanol–water partition coefficient (Wildman–Crippen LogP) is 4.52. The van der Waals surface area contributed by atoms with Crippen molar-refractivity contribution in [3.8, 4) is 28.3 Å². The molecule has 0 bridgehead atoms. The molecule has 43 heavy (non-hydrogen) atoms. The molecule has 3 N–H and O–H groups in total. The largest absolute Gasteiger partial charge is 0.495 e. The van der Waals surface area contributed by atoms with E-state index in [4.69, 9.17) is 30.9 Å². The Balaban J connectivity index is 1.76. The number of methoxy groups -OCH3 is 2. The van der Waals surface area contributed by atoms with Crippen molar-refractivity contribution in [2.45, 2.75) is 18.6 Å². The third-order valence-corrected chi connectivity index (χ3v) is 6.52. The summed E-state index contributed by atoms with van der Waals surface area (Å²) in [6, 6.07) is 4.35. The second-order valence-electron chi connectivity index (χ2n) is 9.12. The number of hydrogen-bond acceptors (Lipinski definition) is 9. The van der Waals surface area contributed by atoms with Crippen LogP contribution < -0.4 is 20.9 Å². The van der Waals surface area contributed by atoms with E-state index in [0.717, 1.165) is 0 Å². The number of halogens is 4. The number of benzene rings is 1. The molecule has 1 unspecified atom stereocenters. The molecule has 11 nitrogen and oxygen atoms in total. The molecular weight excluding hydrogens is 593 g/mol. The zero-order valence-electron chi connectivity index (χ0n) is 23.1. The average molecular weight is 619 g/mol. The zero-order valence-corrected chi connectivity index (χ0v) is 23.8. The van der Waals surface area contributed by atoms with Gasteiger partial charge in [0.25, 0.3) is 5.56 Å². The first-order chi connectivity index (χ1) is 20.5. The van der Waals surface area contributed by atoms with E-state index >= 15 is 0 Å². The van der Waals surface area contributed by atoms with Crippen molar-refractivity contribution in [3.63, 3.8) is 0 Å². The number of pyridine rings is 1. The van der Waals surface area contributed by atoms with Gasteiger partial charge in [-0.15, -0.1) is 10.2 Å². The molecule has 4 rings (SSSR count). The van der Waals surface area contributed by atoms with Gasteiger partial charge in [0.15, 0.2) is 0 Å². The van der Waals surface area contributed by atoms with Gasteiger partial charge in [0, 0.05) is 66.9 Å². The molecular formula is C28H26ClF3N6O5. The summed E-state index contributed by atoms with van der Waals surface area (Å²) in [6.45, 7) is 0.135. The van der Waals surface area contributed by atoms with E-state index in [9.17, 15) is 22.8 Å². The summed E-state index contributed by atoms with van der Waals surface area (Å²) in [7, 11) is 4.47. The molecule has 1 aliphatic carbocycles. The van der Waals surface area contributed by atoms with Crippen LogP contribution in [0.1, 0.15) is 18.4 Å². The third-order valence-electron chi connectivity index (χ3n) is 6.29. The normalized spacial score (nSPS) is 14.9. The number of amides is 1. The summed E-state index contributed by atoms with van der Waals surface area (Å²) in [4.78, 5) is 27.0. The molecule has 1 atom stereocenters. The van der Waals surface area contributed by atoms with Crippen molar-refractivity contribution in [2.24, 2.45) is 0 Å². The topological polar surface area (TPSA) is 144 Å². The van der Waals surface area contributed by atoms with Gasteiger partial charge in [-0.1, -0.05) is 11.6 Å². The van der Waals surface area contributed by atoms with Crippen LogP contribution in [0, 0.1) is 5.41 Å². The summed E-state index contributed by atoms with van der Waals surface area (Å²) >= 11 is 6.21. The fourth-order valence-electron chi connectivity index (χ4n) is 4.28. The maximum atomic E-state index is 13.5. The Morgan fingerprint density at radius 1 is 1.19 bits per heavy atom. The third kappa shape index (κ3) is 7.04. The molecule has 1 aromatic carbocycles. The summed E-state index contributed by atoms with van der Waals surface area (Å²) in [5.74, 6) is -2.41. The van der Waals surface area contributed by atoms with Crippen LogP contribution >= 0.6 is 11.6 Å². The highest BCUT2D eigenvalue weighted by Gasteiger charge is 2.38. The van der Waals surface area contributed by atoms with Crippen LogP contribution in [-0.4, -0.2) is 54.3 Å². The highest BCUT2D eigenvalue weighted by Crippen LogP contribution is 2.39. The first-order valence-corrected chi connectivity index (χ1v) is 13.0. The second-order valence-corrected chi connectivity index (χ2v) is 9.56. The van der Waals surface area contributed by atoms with Gasteiger partial charge in [-0.05, 0) is 42.0 Å². The summed E-state index contributed by atoms with van der Waals surface area (Å²) in [6.07, 6.45) is 2.89. The number of allylic oxidation sites excluding steroid dienone is 4. The molecule has 0 fully saturated rings. The second kappa shape index (κ2) is 13.1. The number of carbonyl (C=O) groups is 1. The average Bonchev–Trinajstić information content (AvgIpc) is 3.47. The predicted molar refractivity (Wildman–Crippen MR) is 152 cm³/mol. The quantitative estimate of drug-likeness (QED) is 0.301. The Kier molecular flexibility index (Phi) is 9.51. The molecule has 0 saturated carbocycles. The molecule has 226 valence electrons. The van der Waals surface area contributed by atoms with Crippen molar-refractivity contribution in [1.82, 2.24) is 25.4 Å². The molecule has 3 aromatic rings. The van der Waals surface area contributed by atoms with E-state index in [1.807, 2.05) is 0 Å². The molecule has 1 aliphatic rings. The zero-order chi connectivity index (χ0) is 31.3. The monoisotopic (exact) mass is 618 g/mol. The minimum Gasteiger partial charge on any atom is -0.495 e. The van der Waals surface area contributed by atoms with E-state index in [1.54, 1.807) is 25.4 Å². The molecule has 2 aromatic heterocycles. The maximum absolute atomic E-state index is 13.5. The number of carbonyl (C=O) groups excluding carboxylic acids is 1. The number of rotatable bonds is 10. The lowest BCUT2D eigenvalue weighted by molar-refractivity contribution is -0.157. The Morgan fingerprint density at radius 2 is 1.95 bits per heavy atom. The number of ether oxygens (including phenoxy) is 2. The molecule has 0 radical (unpaired) electrons. The number of aromatic nitrogens is 3. The van der Waals surface area contributed by atoms with Crippen LogP contribution in [0.15, 0.2) is 75.4 Å². The summed E-state index contributed by atoms with van der Waals surface area (Å²) in [5.41, 5.74) is 0.995. The molecule has 0 saturated heterocycles. The number of nitrogens with one attached hydrogen (secondary N) is 3. The lowest BCUT2D eigenvalue weighted by Gasteiger charge is -2.22. The number of hydrogen-bond donors (Lipinski definition) is 3. The van der Waals surface area contributed by atoms with Gasteiger partial charge < -0.3 is 29.9 Å². The van der Waals surface area contributed by atoms with Gasteiger partial charge in [0.2, 0.25) is 11.8 Å². The first-order valence-electron chi connectivity index (χ1n) is 12.6. The lowest BCUT2D eigenvalue weighted by atomic mass is 9.99. The molecule has 1 amide bonds. The van der Waals surface area contributed by atoms with Crippen LogP contribution in [0.3, 0.4) is 0 Å². The Labute approximate surface area is 248 Å². The minimum atomic E-state index is -4.86. The van der Waals surface area contributed by atoms with Crippen LogP contribution in [0.5, 0.6) is 5.75 Å². The van der Waals surface area contributed by atoms with Gasteiger partial charge in [-0.3, -0.25) is 14.2 Å². The standard InChI is InChI=1S/C28H26ClF3N6O5/c1-34-13-15-10-17(5-7-21(15)33)35-25(40)22(8-9-41-2)38-14-23(42-3)20(12-24(38)39)19-11-16(29)4-6-18(19)26-36-37-27(43-26)28(30,31)32/h4-7,10-14,22,33-34H,8-9H2,1-3H3,(H,35,40)/b15-13-,33-21?. The van der Waals surface area contributed by atoms with Gasteiger partial charge in [0.1, 0.15) is 11.8 Å². The molecule has 15 heteroatoms.